The first kappa shape index (κ1) is 29.1. The third-order valence-corrected chi connectivity index (χ3v) is 8.23. The van der Waals surface area contributed by atoms with Gasteiger partial charge in [0, 0.05) is 60.2 Å². The molecule has 0 spiro atoms. The molecule has 4 heterocycles. The van der Waals surface area contributed by atoms with Crippen molar-refractivity contribution < 1.29 is 17.9 Å². The van der Waals surface area contributed by atoms with Crippen molar-refractivity contribution in [1.29, 1.82) is 0 Å². The second kappa shape index (κ2) is 11.7. The van der Waals surface area contributed by atoms with Crippen LogP contribution in [0.3, 0.4) is 0 Å². The molecule has 0 radical (unpaired) electrons. The summed E-state index contributed by atoms with van der Waals surface area (Å²) < 4.78 is 47.9. The molecule has 1 aliphatic heterocycles. The molecular formula is C35H33F3N6O. The van der Waals surface area contributed by atoms with Crippen molar-refractivity contribution in [2.75, 3.05) is 40.3 Å². The van der Waals surface area contributed by atoms with E-state index in [0.717, 1.165) is 49.9 Å². The average molecular weight is 611 g/mol. The molecule has 6 aromatic rings. The van der Waals surface area contributed by atoms with Crippen molar-refractivity contribution in [3.8, 4) is 39.5 Å². The zero-order chi connectivity index (χ0) is 31.1. The Morgan fingerprint density at radius 1 is 0.911 bits per heavy atom. The summed E-state index contributed by atoms with van der Waals surface area (Å²) in [5.74, 6) is -2.55. The lowest BCUT2D eigenvalue weighted by atomic mass is 10.0. The molecule has 3 aromatic heterocycles. The van der Waals surface area contributed by atoms with Crippen LogP contribution in [-0.4, -0.2) is 76.2 Å². The van der Waals surface area contributed by atoms with Gasteiger partial charge in [0.1, 0.15) is 23.9 Å². The fraction of sp³-hybridized carbons (Fsp3) is 0.257. The molecule has 7 rings (SSSR count). The molecule has 0 bridgehead atoms. The summed E-state index contributed by atoms with van der Waals surface area (Å²) in [5, 5.41) is 9.54. The van der Waals surface area contributed by atoms with Crippen LogP contribution in [-0.2, 0) is 6.54 Å². The highest BCUT2D eigenvalue weighted by Crippen LogP contribution is 2.36. The number of pyridine rings is 1. The highest BCUT2D eigenvalue weighted by atomic mass is 19.3. The maximum Gasteiger partial charge on any atom is 0.261 e. The predicted octanol–water partition coefficient (Wildman–Crippen LogP) is 7.36. The molecule has 1 saturated heterocycles. The third-order valence-electron chi connectivity index (χ3n) is 8.23. The van der Waals surface area contributed by atoms with Gasteiger partial charge >= 0.3 is 0 Å². The first-order chi connectivity index (χ1) is 21.7. The van der Waals surface area contributed by atoms with Gasteiger partial charge in [0.2, 0.25) is 0 Å². The van der Waals surface area contributed by atoms with E-state index in [0.29, 0.717) is 43.2 Å². The molecule has 0 saturated carbocycles. The van der Waals surface area contributed by atoms with Gasteiger partial charge in [0.05, 0.1) is 23.4 Å². The summed E-state index contributed by atoms with van der Waals surface area (Å²) >= 11 is 0. The molecule has 0 unspecified atom stereocenters. The summed E-state index contributed by atoms with van der Waals surface area (Å²) in [7, 11) is 3.92. The molecule has 1 aliphatic rings. The molecule has 45 heavy (non-hydrogen) atoms. The van der Waals surface area contributed by atoms with E-state index in [1.165, 1.54) is 12.1 Å². The Bertz CT molecular complexity index is 2000. The quantitative estimate of drug-likeness (QED) is 0.179. The smallest absolute Gasteiger partial charge is 0.261 e. The number of rotatable bonds is 9. The van der Waals surface area contributed by atoms with Gasteiger partial charge in [0.15, 0.2) is 0 Å². The first-order valence-electron chi connectivity index (χ1n) is 14.9. The van der Waals surface area contributed by atoms with Crippen LogP contribution in [0.25, 0.3) is 55.6 Å². The summed E-state index contributed by atoms with van der Waals surface area (Å²) in [6, 6.07) is 22.7. The molecule has 10 heteroatoms. The fourth-order valence-corrected chi connectivity index (χ4v) is 5.99. The summed E-state index contributed by atoms with van der Waals surface area (Å²) in [6.45, 7) is 1.84. The van der Waals surface area contributed by atoms with E-state index in [1.54, 1.807) is 11.1 Å². The molecule has 0 aliphatic carbocycles. The van der Waals surface area contributed by atoms with Crippen LogP contribution in [0.5, 0.6) is 5.75 Å². The number of hydrogen-bond acceptors (Lipinski definition) is 5. The van der Waals surface area contributed by atoms with E-state index in [-0.39, 0.29) is 13.0 Å². The number of benzene rings is 3. The van der Waals surface area contributed by atoms with Gasteiger partial charge in [-0.25, -0.2) is 13.2 Å². The number of likely N-dealkylation sites (N-methyl/N-ethyl adjacent to an activating group) is 1. The number of aromatic nitrogens is 4. The summed E-state index contributed by atoms with van der Waals surface area (Å²) in [5.41, 5.74) is 7.54. The minimum absolute atomic E-state index is 0.0906. The number of likely N-dealkylation sites (tertiary alicyclic amines) is 1. The van der Waals surface area contributed by atoms with E-state index < -0.39 is 11.7 Å². The Morgan fingerprint density at radius 3 is 2.58 bits per heavy atom. The van der Waals surface area contributed by atoms with Gasteiger partial charge in [-0.05, 0) is 73.3 Å². The van der Waals surface area contributed by atoms with E-state index in [2.05, 4.69) is 32.3 Å². The number of alkyl halides is 2. The maximum absolute atomic E-state index is 14.7. The standard InChI is InChI=1S/C35H33F3N6O/c1-43(2)12-13-45-27-16-25(15-26(36)18-27)33-29-19-32(40-30(29)8-10-39-33)34-28-17-24(6-7-31(28)41-42-34)23-5-3-4-22(14-23)20-44-11-9-35(37,38)21-44/h3-8,10,14-19,40H,9,11-13,20-21H2,1-2H3,(H,41,42). The van der Waals surface area contributed by atoms with Crippen LogP contribution in [0.15, 0.2) is 79.0 Å². The number of H-pyrrole nitrogens is 2. The number of aromatic amines is 2. The molecular weight excluding hydrogens is 577 g/mol. The minimum Gasteiger partial charge on any atom is -0.492 e. The molecule has 1 fully saturated rings. The maximum atomic E-state index is 14.7. The average Bonchev–Trinajstić information content (AvgIpc) is 3.72. The van der Waals surface area contributed by atoms with Crippen LogP contribution in [0.4, 0.5) is 13.2 Å². The number of hydrogen-bond donors (Lipinski definition) is 2. The molecule has 7 nitrogen and oxygen atoms in total. The second-order valence-corrected chi connectivity index (χ2v) is 12.0. The number of nitrogens with zero attached hydrogens (tertiary/aromatic N) is 4. The molecule has 0 amide bonds. The zero-order valence-corrected chi connectivity index (χ0v) is 25.1. The first-order valence-corrected chi connectivity index (χ1v) is 14.9. The topological polar surface area (TPSA) is 73.1 Å². The van der Waals surface area contributed by atoms with Crippen LogP contribution in [0, 0.1) is 5.82 Å². The van der Waals surface area contributed by atoms with Crippen LogP contribution in [0.1, 0.15) is 12.0 Å². The Labute approximate surface area is 258 Å². The van der Waals surface area contributed by atoms with Crippen molar-refractivity contribution in [2.45, 2.75) is 18.9 Å². The molecule has 2 N–H and O–H groups in total. The lowest BCUT2D eigenvalue weighted by molar-refractivity contribution is 0.0115. The zero-order valence-electron chi connectivity index (χ0n) is 25.1. The van der Waals surface area contributed by atoms with Crippen molar-refractivity contribution in [3.63, 3.8) is 0 Å². The van der Waals surface area contributed by atoms with Gasteiger partial charge in [-0.3, -0.25) is 15.0 Å². The largest absolute Gasteiger partial charge is 0.492 e. The van der Waals surface area contributed by atoms with Crippen molar-refractivity contribution in [3.05, 3.63) is 90.4 Å². The van der Waals surface area contributed by atoms with E-state index in [9.17, 15) is 13.2 Å². The van der Waals surface area contributed by atoms with Crippen LogP contribution >= 0.6 is 0 Å². The number of nitrogens with one attached hydrogen (secondary N) is 2. The normalized spacial score (nSPS) is 15.1. The van der Waals surface area contributed by atoms with Gasteiger partial charge in [-0.15, -0.1) is 0 Å². The van der Waals surface area contributed by atoms with Crippen molar-refractivity contribution in [2.24, 2.45) is 0 Å². The monoisotopic (exact) mass is 610 g/mol. The molecule has 3 aromatic carbocycles. The number of ether oxygens (including phenoxy) is 1. The number of halogens is 3. The Hall–Kier alpha value is -4.67. The second-order valence-electron chi connectivity index (χ2n) is 12.0. The molecule has 0 atom stereocenters. The van der Waals surface area contributed by atoms with E-state index in [4.69, 9.17) is 4.74 Å². The van der Waals surface area contributed by atoms with E-state index >= 15 is 0 Å². The van der Waals surface area contributed by atoms with Crippen molar-refractivity contribution >= 4 is 21.8 Å². The van der Waals surface area contributed by atoms with Crippen LogP contribution < -0.4 is 4.74 Å². The fourth-order valence-electron chi connectivity index (χ4n) is 5.99. The van der Waals surface area contributed by atoms with Crippen molar-refractivity contribution in [1.82, 2.24) is 30.0 Å². The Kier molecular flexibility index (Phi) is 7.55. The highest BCUT2D eigenvalue weighted by Gasteiger charge is 2.37. The summed E-state index contributed by atoms with van der Waals surface area (Å²) in [6.07, 6.45) is 1.61. The van der Waals surface area contributed by atoms with Gasteiger partial charge in [0.25, 0.3) is 5.92 Å². The Balaban J connectivity index is 1.20. The third kappa shape index (κ3) is 6.16. The Morgan fingerprint density at radius 2 is 1.76 bits per heavy atom. The van der Waals surface area contributed by atoms with Gasteiger partial charge < -0.3 is 14.6 Å². The molecule has 230 valence electrons. The van der Waals surface area contributed by atoms with Crippen LogP contribution in [0.2, 0.25) is 0 Å². The van der Waals surface area contributed by atoms with Gasteiger partial charge in [-0.2, -0.15) is 5.10 Å². The van der Waals surface area contributed by atoms with E-state index in [1.807, 2.05) is 67.5 Å². The minimum atomic E-state index is -2.61. The highest BCUT2D eigenvalue weighted by molar-refractivity contribution is 6.01. The summed E-state index contributed by atoms with van der Waals surface area (Å²) in [4.78, 5) is 11.9. The predicted molar refractivity (Wildman–Crippen MR) is 171 cm³/mol. The SMILES string of the molecule is CN(C)CCOc1cc(F)cc(-c2nccc3[nH]c(-c4n[nH]c5ccc(-c6cccc(CN7CCC(F)(F)C7)c6)cc45)cc23)c1. The van der Waals surface area contributed by atoms with Gasteiger partial charge in [-0.1, -0.05) is 24.3 Å². The lowest BCUT2D eigenvalue weighted by Crippen LogP contribution is -2.24. The lowest BCUT2D eigenvalue weighted by Gasteiger charge is -2.16. The number of fused-ring (bicyclic) bond motifs is 2.